The quantitative estimate of drug-likeness (QED) is 0.730. The van der Waals surface area contributed by atoms with Crippen molar-refractivity contribution in [2.75, 3.05) is 29.9 Å². The normalized spacial score (nSPS) is 14.8. The Labute approximate surface area is 177 Å². The van der Waals surface area contributed by atoms with Gasteiger partial charge in [-0.25, -0.2) is 8.42 Å². The lowest BCUT2D eigenvalue weighted by atomic mass is 10.1. The van der Waals surface area contributed by atoms with Gasteiger partial charge in [0.15, 0.2) is 0 Å². The average molecular weight is 430 g/mol. The van der Waals surface area contributed by atoms with Crippen molar-refractivity contribution in [3.05, 3.63) is 54.1 Å². The third-order valence-electron chi connectivity index (χ3n) is 5.18. The molecule has 30 heavy (non-hydrogen) atoms. The number of hydrogen-bond donors (Lipinski definition) is 1. The van der Waals surface area contributed by atoms with Gasteiger partial charge in [0.2, 0.25) is 15.9 Å². The highest BCUT2D eigenvalue weighted by molar-refractivity contribution is 7.89. The summed E-state index contributed by atoms with van der Waals surface area (Å²) in [6, 6.07) is 13.2. The molecule has 160 valence electrons. The first-order valence-corrected chi connectivity index (χ1v) is 11.6. The highest BCUT2D eigenvalue weighted by Crippen LogP contribution is 2.24. The molecule has 2 aromatic carbocycles. The maximum atomic E-state index is 12.8. The predicted molar refractivity (Wildman–Crippen MR) is 117 cm³/mol. The molecule has 1 heterocycles. The van der Waals surface area contributed by atoms with Gasteiger partial charge in [-0.2, -0.15) is 4.31 Å². The maximum Gasteiger partial charge on any atom is 0.255 e. The molecule has 0 aliphatic carbocycles. The van der Waals surface area contributed by atoms with E-state index < -0.39 is 15.9 Å². The van der Waals surface area contributed by atoms with E-state index in [9.17, 15) is 18.0 Å². The molecule has 0 radical (unpaired) electrons. The Morgan fingerprint density at radius 1 is 1.07 bits per heavy atom. The molecular weight excluding hydrogens is 402 g/mol. The highest BCUT2D eigenvalue weighted by Gasteiger charge is 2.23. The molecule has 1 fully saturated rings. The zero-order chi connectivity index (χ0) is 21.7. The number of sulfonamides is 1. The van der Waals surface area contributed by atoms with Crippen molar-refractivity contribution >= 4 is 33.2 Å². The molecule has 2 aromatic rings. The van der Waals surface area contributed by atoms with Crippen molar-refractivity contribution in [1.29, 1.82) is 0 Å². The number of piperidine rings is 1. The van der Waals surface area contributed by atoms with Crippen LogP contribution < -0.4 is 10.2 Å². The fourth-order valence-corrected chi connectivity index (χ4v) is 5.05. The lowest BCUT2D eigenvalue weighted by Gasteiger charge is -2.27. The zero-order valence-corrected chi connectivity index (χ0v) is 18.1. The van der Waals surface area contributed by atoms with Gasteiger partial charge >= 0.3 is 0 Å². The number of amides is 2. The third kappa shape index (κ3) is 4.71. The minimum atomic E-state index is -3.65. The lowest BCUT2D eigenvalue weighted by Crippen LogP contribution is -2.35. The minimum absolute atomic E-state index is 0.0824. The number of carbonyl (C=O) groups excluding carboxylic acids is 2. The molecule has 7 nitrogen and oxygen atoms in total. The molecule has 1 saturated heterocycles. The molecule has 0 bridgehead atoms. The number of nitrogens with one attached hydrogen (secondary N) is 1. The SMILES string of the molecule is CCN(CC)S(=O)(=O)c1cccc(C(=O)Nc2cccc(N3CCCCC3=O)c2)c1. The summed E-state index contributed by atoms with van der Waals surface area (Å²) < 4.78 is 26.8. The molecule has 3 rings (SSSR count). The Morgan fingerprint density at radius 2 is 1.80 bits per heavy atom. The topological polar surface area (TPSA) is 86.8 Å². The molecule has 1 N–H and O–H groups in total. The van der Waals surface area contributed by atoms with E-state index in [1.165, 1.54) is 16.4 Å². The van der Waals surface area contributed by atoms with Crippen molar-refractivity contribution in [3.63, 3.8) is 0 Å². The van der Waals surface area contributed by atoms with E-state index in [1.54, 1.807) is 49.1 Å². The molecule has 8 heteroatoms. The van der Waals surface area contributed by atoms with Gasteiger partial charge in [-0.15, -0.1) is 0 Å². The largest absolute Gasteiger partial charge is 0.322 e. The summed E-state index contributed by atoms with van der Waals surface area (Å²) in [5, 5.41) is 2.80. The van der Waals surface area contributed by atoms with Gasteiger partial charge in [0.1, 0.15) is 0 Å². The molecule has 0 atom stereocenters. The summed E-state index contributed by atoms with van der Waals surface area (Å²) in [7, 11) is -3.65. The monoisotopic (exact) mass is 429 g/mol. The van der Waals surface area contributed by atoms with Gasteiger partial charge in [-0.05, 0) is 49.2 Å². The zero-order valence-electron chi connectivity index (χ0n) is 17.3. The minimum Gasteiger partial charge on any atom is -0.322 e. The second-order valence-corrected chi connectivity index (χ2v) is 9.06. The molecule has 0 spiro atoms. The van der Waals surface area contributed by atoms with Crippen LogP contribution in [-0.4, -0.2) is 44.2 Å². The molecule has 1 aliphatic rings. The summed E-state index contributed by atoms with van der Waals surface area (Å²) >= 11 is 0. The number of rotatable bonds is 7. The molecule has 0 saturated carbocycles. The fourth-order valence-electron chi connectivity index (χ4n) is 3.54. The van der Waals surface area contributed by atoms with Crippen molar-refractivity contribution in [3.8, 4) is 0 Å². The highest BCUT2D eigenvalue weighted by atomic mass is 32.2. The Hall–Kier alpha value is -2.71. The predicted octanol–water partition coefficient (Wildman–Crippen LogP) is 3.49. The molecule has 0 unspecified atom stereocenters. The van der Waals surface area contributed by atoms with E-state index in [2.05, 4.69) is 5.32 Å². The number of benzene rings is 2. The molecule has 2 amide bonds. The standard InChI is InChI=1S/C22H27N3O4S/c1-3-24(4-2)30(28,29)20-12-7-9-17(15-20)22(27)23-18-10-8-11-19(16-18)25-14-6-5-13-21(25)26/h7-12,15-16H,3-6,13-14H2,1-2H3,(H,23,27). The first kappa shape index (κ1) is 22.0. The summed E-state index contributed by atoms with van der Waals surface area (Å²) in [6.45, 7) is 4.94. The summed E-state index contributed by atoms with van der Waals surface area (Å²) in [4.78, 5) is 26.7. The van der Waals surface area contributed by atoms with Crippen LogP contribution in [-0.2, 0) is 14.8 Å². The Morgan fingerprint density at radius 3 is 2.50 bits per heavy atom. The first-order valence-electron chi connectivity index (χ1n) is 10.2. The summed E-state index contributed by atoms with van der Waals surface area (Å²) in [5.74, 6) is -0.326. The van der Waals surface area contributed by atoms with Gasteiger partial charge in [0.25, 0.3) is 5.91 Å². The number of anilines is 2. The van der Waals surface area contributed by atoms with Crippen LogP contribution in [0.1, 0.15) is 43.5 Å². The fraction of sp³-hybridized carbons (Fsp3) is 0.364. The maximum absolute atomic E-state index is 12.8. The smallest absolute Gasteiger partial charge is 0.255 e. The summed E-state index contributed by atoms with van der Waals surface area (Å²) in [5.41, 5.74) is 1.55. The van der Waals surface area contributed by atoms with Gasteiger partial charge < -0.3 is 10.2 Å². The van der Waals surface area contributed by atoms with Crippen molar-refractivity contribution in [2.24, 2.45) is 0 Å². The second kappa shape index (κ2) is 9.40. The van der Waals surface area contributed by atoms with Gasteiger partial charge in [-0.1, -0.05) is 26.0 Å². The van der Waals surface area contributed by atoms with Crippen LogP contribution >= 0.6 is 0 Å². The molecule has 1 aliphatic heterocycles. The van der Waals surface area contributed by atoms with Crippen LogP contribution in [0, 0.1) is 0 Å². The number of nitrogens with zero attached hydrogens (tertiary/aromatic N) is 2. The summed E-state index contributed by atoms with van der Waals surface area (Å²) in [6.07, 6.45) is 2.39. The molecular formula is C22H27N3O4S. The Kier molecular flexibility index (Phi) is 6.89. The van der Waals surface area contributed by atoms with E-state index in [1.807, 2.05) is 6.07 Å². The van der Waals surface area contributed by atoms with Crippen molar-refractivity contribution in [1.82, 2.24) is 4.31 Å². The second-order valence-electron chi connectivity index (χ2n) is 7.12. The van der Waals surface area contributed by atoms with E-state index in [0.29, 0.717) is 31.7 Å². The molecule has 0 aromatic heterocycles. The van der Waals surface area contributed by atoms with Crippen LogP contribution in [0.5, 0.6) is 0 Å². The Bertz CT molecular complexity index is 1030. The van der Waals surface area contributed by atoms with Crippen LogP contribution in [0.2, 0.25) is 0 Å². The number of carbonyl (C=O) groups is 2. The van der Waals surface area contributed by atoms with Crippen LogP contribution in [0.25, 0.3) is 0 Å². The van der Waals surface area contributed by atoms with Crippen LogP contribution in [0.15, 0.2) is 53.4 Å². The third-order valence-corrected chi connectivity index (χ3v) is 7.22. The van der Waals surface area contributed by atoms with Crippen LogP contribution in [0.3, 0.4) is 0 Å². The van der Waals surface area contributed by atoms with Crippen molar-refractivity contribution < 1.29 is 18.0 Å². The van der Waals surface area contributed by atoms with E-state index in [4.69, 9.17) is 0 Å². The Balaban J connectivity index is 1.80. The number of hydrogen-bond acceptors (Lipinski definition) is 4. The van der Waals surface area contributed by atoms with E-state index in [-0.39, 0.29) is 16.4 Å². The average Bonchev–Trinajstić information content (AvgIpc) is 2.75. The van der Waals surface area contributed by atoms with E-state index in [0.717, 1.165) is 18.5 Å². The van der Waals surface area contributed by atoms with Crippen molar-refractivity contribution in [2.45, 2.75) is 38.0 Å². The lowest BCUT2D eigenvalue weighted by molar-refractivity contribution is -0.119. The first-order chi connectivity index (χ1) is 14.4. The van der Waals surface area contributed by atoms with Gasteiger partial charge in [0.05, 0.1) is 4.90 Å². The van der Waals surface area contributed by atoms with Crippen LogP contribution in [0.4, 0.5) is 11.4 Å². The van der Waals surface area contributed by atoms with Gasteiger partial charge in [-0.3, -0.25) is 9.59 Å². The van der Waals surface area contributed by atoms with E-state index >= 15 is 0 Å². The van der Waals surface area contributed by atoms with Gasteiger partial charge in [0, 0.05) is 43.0 Å².